The zero-order chi connectivity index (χ0) is 13.0. The average Bonchev–Trinajstić information content (AvgIpc) is 2.24. The van der Waals surface area contributed by atoms with E-state index in [1.165, 1.54) is 51.4 Å². The molecule has 0 heterocycles. The Morgan fingerprint density at radius 3 is 2.00 bits per heavy atom. The number of unbranched alkanes of at least 4 members (excludes halogenated alkanes) is 6. The highest BCUT2D eigenvalue weighted by Crippen LogP contribution is 2.09. The maximum Gasteiger partial charge on any atom is 0.183 e. The predicted molar refractivity (Wildman–Crippen MR) is 81.0 cm³/mol. The molecule has 0 saturated heterocycles. The molecular weight excluding hydrogens is 224 g/mol. The van der Waals surface area contributed by atoms with Gasteiger partial charge in [0, 0.05) is 6.61 Å². The Hall–Kier alpha value is -0.0831. The minimum absolute atomic E-state index is 0.981. The van der Waals surface area contributed by atoms with Gasteiger partial charge in [-0.15, -0.1) is 0 Å². The molecule has 0 aliphatic heterocycles. The molecule has 1 nitrogen and oxygen atoms in total. The Balaban J connectivity index is 3.06. The van der Waals surface area contributed by atoms with Crippen LogP contribution in [0.2, 0.25) is 19.6 Å². The second kappa shape index (κ2) is 11.0. The standard InChI is InChI=1S/C15H32OSi/c1-5-6-7-8-9-10-11-12-13-14-15-16-17(2,3)4/h6-7H,5,8-15H2,1-4H3. The minimum Gasteiger partial charge on any atom is -0.418 e. The molecule has 0 aliphatic rings. The fourth-order valence-electron chi connectivity index (χ4n) is 1.73. The molecule has 0 atom stereocenters. The summed E-state index contributed by atoms with van der Waals surface area (Å²) in [7, 11) is -1.26. The Bertz CT molecular complexity index is 182. The van der Waals surface area contributed by atoms with Crippen LogP contribution in [0.15, 0.2) is 12.2 Å². The van der Waals surface area contributed by atoms with Gasteiger partial charge >= 0.3 is 0 Å². The van der Waals surface area contributed by atoms with Crippen molar-refractivity contribution in [2.24, 2.45) is 0 Å². The van der Waals surface area contributed by atoms with Crippen LogP contribution in [0, 0.1) is 0 Å². The first kappa shape index (κ1) is 16.9. The van der Waals surface area contributed by atoms with Gasteiger partial charge in [-0.1, -0.05) is 44.8 Å². The number of hydrogen-bond donors (Lipinski definition) is 0. The van der Waals surface area contributed by atoms with Gasteiger partial charge in [-0.3, -0.25) is 0 Å². The van der Waals surface area contributed by atoms with Crippen molar-refractivity contribution < 1.29 is 4.43 Å². The number of rotatable bonds is 11. The van der Waals surface area contributed by atoms with Crippen molar-refractivity contribution in [1.82, 2.24) is 0 Å². The molecule has 0 N–H and O–H groups in total. The Kier molecular flexibility index (Phi) is 11.0. The lowest BCUT2D eigenvalue weighted by Gasteiger charge is -2.16. The summed E-state index contributed by atoms with van der Waals surface area (Å²) in [6.45, 7) is 9.96. The van der Waals surface area contributed by atoms with E-state index in [1.807, 2.05) is 0 Å². The average molecular weight is 257 g/mol. The molecule has 0 aromatic rings. The molecule has 0 saturated carbocycles. The summed E-state index contributed by atoms with van der Waals surface area (Å²) >= 11 is 0. The highest BCUT2D eigenvalue weighted by atomic mass is 28.4. The van der Waals surface area contributed by atoms with Crippen LogP contribution in [0.25, 0.3) is 0 Å². The lowest BCUT2D eigenvalue weighted by atomic mass is 10.1. The van der Waals surface area contributed by atoms with Crippen LogP contribution in [0.3, 0.4) is 0 Å². The van der Waals surface area contributed by atoms with E-state index < -0.39 is 8.32 Å². The Labute approximate surface area is 110 Å². The molecule has 0 aliphatic carbocycles. The quantitative estimate of drug-likeness (QED) is 0.268. The fourth-order valence-corrected chi connectivity index (χ4v) is 2.49. The second-order valence-corrected chi connectivity index (χ2v) is 10.3. The molecule has 0 fully saturated rings. The number of allylic oxidation sites excluding steroid dienone is 2. The smallest absolute Gasteiger partial charge is 0.183 e. The normalized spacial score (nSPS) is 12.5. The van der Waals surface area contributed by atoms with Gasteiger partial charge in [0.05, 0.1) is 0 Å². The molecule has 0 aromatic heterocycles. The van der Waals surface area contributed by atoms with Gasteiger partial charge in [-0.05, 0) is 45.3 Å². The SMILES string of the molecule is CCC=CCCCCCCCCO[Si](C)(C)C. The summed E-state index contributed by atoms with van der Waals surface area (Å²) < 4.78 is 5.83. The van der Waals surface area contributed by atoms with Crippen molar-refractivity contribution >= 4 is 8.32 Å². The van der Waals surface area contributed by atoms with E-state index in [0.29, 0.717) is 0 Å². The monoisotopic (exact) mass is 256 g/mol. The maximum atomic E-state index is 5.83. The molecule has 102 valence electrons. The highest BCUT2D eigenvalue weighted by Gasteiger charge is 2.12. The van der Waals surface area contributed by atoms with E-state index in [4.69, 9.17) is 4.43 Å². The van der Waals surface area contributed by atoms with Gasteiger partial charge in [0.15, 0.2) is 8.32 Å². The minimum atomic E-state index is -1.26. The molecule has 0 radical (unpaired) electrons. The summed E-state index contributed by atoms with van der Waals surface area (Å²) in [4.78, 5) is 0. The Morgan fingerprint density at radius 1 is 0.824 bits per heavy atom. The van der Waals surface area contributed by atoms with Gasteiger partial charge in [-0.2, -0.15) is 0 Å². The zero-order valence-corrected chi connectivity index (χ0v) is 13.4. The van der Waals surface area contributed by atoms with Gasteiger partial charge in [0.1, 0.15) is 0 Å². The lowest BCUT2D eigenvalue weighted by Crippen LogP contribution is -2.25. The predicted octanol–water partition coefficient (Wildman–Crippen LogP) is 5.53. The van der Waals surface area contributed by atoms with E-state index >= 15 is 0 Å². The van der Waals surface area contributed by atoms with Gasteiger partial charge in [-0.25, -0.2) is 0 Å². The summed E-state index contributed by atoms with van der Waals surface area (Å²) in [5.41, 5.74) is 0. The topological polar surface area (TPSA) is 9.23 Å². The van der Waals surface area contributed by atoms with Crippen molar-refractivity contribution in [2.75, 3.05) is 6.61 Å². The van der Waals surface area contributed by atoms with E-state index in [0.717, 1.165) is 6.61 Å². The lowest BCUT2D eigenvalue weighted by molar-refractivity contribution is 0.298. The summed E-state index contributed by atoms with van der Waals surface area (Å²) in [5, 5.41) is 0. The molecule has 0 amide bonds. The van der Waals surface area contributed by atoms with Crippen molar-refractivity contribution in [2.45, 2.75) is 77.9 Å². The summed E-state index contributed by atoms with van der Waals surface area (Å²) in [6, 6.07) is 0. The molecule has 0 unspecified atom stereocenters. The van der Waals surface area contributed by atoms with Crippen LogP contribution in [0.5, 0.6) is 0 Å². The first-order valence-electron chi connectivity index (χ1n) is 7.35. The third-order valence-electron chi connectivity index (χ3n) is 2.70. The molecule has 2 heteroatoms. The molecule has 0 spiro atoms. The Morgan fingerprint density at radius 2 is 1.41 bits per heavy atom. The summed E-state index contributed by atoms with van der Waals surface area (Å²) in [5.74, 6) is 0. The van der Waals surface area contributed by atoms with Crippen molar-refractivity contribution in [3.05, 3.63) is 12.2 Å². The molecular formula is C15H32OSi. The third-order valence-corrected chi connectivity index (χ3v) is 3.77. The van der Waals surface area contributed by atoms with Crippen molar-refractivity contribution in [3.63, 3.8) is 0 Å². The maximum absolute atomic E-state index is 5.83. The van der Waals surface area contributed by atoms with E-state index in [1.54, 1.807) is 0 Å². The van der Waals surface area contributed by atoms with Crippen LogP contribution in [0.4, 0.5) is 0 Å². The first-order valence-corrected chi connectivity index (χ1v) is 10.8. The molecule has 17 heavy (non-hydrogen) atoms. The van der Waals surface area contributed by atoms with E-state index in [2.05, 4.69) is 38.7 Å². The van der Waals surface area contributed by atoms with E-state index in [-0.39, 0.29) is 0 Å². The third kappa shape index (κ3) is 15.9. The first-order chi connectivity index (χ1) is 8.06. The molecule has 0 rings (SSSR count). The van der Waals surface area contributed by atoms with Crippen LogP contribution in [-0.2, 0) is 4.43 Å². The molecule has 0 aromatic carbocycles. The van der Waals surface area contributed by atoms with Gasteiger partial charge in [0.25, 0.3) is 0 Å². The molecule has 0 bridgehead atoms. The number of hydrogen-bond acceptors (Lipinski definition) is 1. The van der Waals surface area contributed by atoms with Crippen LogP contribution >= 0.6 is 0 Å². The van der Waals surface area contributed by atoms with Crippen LogP contribution in [-0.4, -0.2) is 14.9 Å². The van der Waals surface area contributed by atoms with Gasteiger partial charge in [0.2, 0.25) is 0 Å². The second-order valence-electron chi connectivity index (χ2n) is 5.75. The van der Waals surface area contributed by atoms with Crippen LogP contribution < -0.4 is 0 Å². The van der Waals surface area contributed by atoms with Crippen molar-refractivity contribution in [3.8, 4) is 0 Å². The zero-order valence-electron chi connectivity index (χ0n) is 12.4. The fraction of sp³-hybridized carbons (Fsp3) is 0.867. The summed E-state index contributed by atoms with van der Waals surface area (Å²) in [6.07, 6.45) is 15.2. The van der Waals surface area contributed by atoms with E-state index in [9.17, 15) is 0 Å². The van der Waals surface area contributed by atoms with Crippen molar-refractivity contribution in [1.29, 1.82) is 0 Å². The highest BCUT2D eigenvalue weighted by molar-refractivity contribution is 6.69. The largest absolute Gasteiger partial charge is 0.418 e. The van der Waals surface area contributed by atoms with Gasteiger partial charge < -0.3 is 4.43 Å². The van der Waals surface area contributed by atoms with Crippen LogP contribution in [0.1, 0.15) is 58.3 Å².